The maximum Gasteiger partial charge on any atom is 0.215 e. The second kappa shape index (κ2) is 6.83. The summed E-state index contributed by atoms with van der Waals surface area (Å²) >= 11 is 1.54. The van der Waals surface area contributed by atoms with E-state index < -0.39 is 10.0 Å². The highest BCUT2D eigenvalue weighted by atomic mass is 32.2. The van der Waals surface area contributed by atoms with E-state index in [2.05, 4.69) is 0 Å². The number of thioether (sulfide) groups is 1. The predicted octanol–water partition coefficient (Wildman–Crippen LogP) is 2.57. The molecule has 6 heteroatoms. The van der Waals surface area contributed by atoms with Crippen LogP contribution in [0.1, 0.15) is 26.2 Å². The Morgan fingerprint density at radius 2 is 2.15 bits per heavy atom. The molecule has 1 saturated carbocycles. The van der Waals surface area contributed by atoms with E-state index in [1.54, 1.807) is 16.1 Å². The molecule has 0 bridgehead atoms. The molecule has 0 aliphatic heterocycles. The maximum atomic E-state index is 12.3. The lowest BCUT2D eigenvalue weighted by atomic mass is 10.3. The number of benzene rings is 1. The largest absolute Gasteiger partial charge is 0.399 e. The molecular weight excluding hydrogens is 292 g/mol. The van der Waals surface area contributed by atoms with Gasteiger partial charge in [-0.15, -0.1) is 11.8 Å². The van der Waals surface area contributed by atoms with Crippen LogP contribution in [0.4, 0.5) is 5.69 Å². The van der Waals surface area contributed by atoms with Crippen molar-refractivity contribution in [2.45, 2.75) is 37.1 Å². The van der Waals surface area contributed by atoms with Gasteiger partial charge in [-0.25, -0.2) is 8.42 Å². The Kier molecular flexibility index (Phi) is 5.35. The van der Waals surface area contributed by atoms with Gasteiger partial charge in [0, 0.05) is 28.9 Å². The summed E-state index contributed by atoms with van der Waals surface area (Å²) in [6, 6.07) is 7.81. The van der Waals surface area contributed by atoms with Crippen molar-refractivity contribution >= 4 is 27.5 Å². The molecule has 0 unspecified atom stereocenters. The lowest BCUT2D eigenvalue weighted by Crippen LogP contribution is -2.36. The summed E-state index contributed by atoms with van der Waals surface area (Å²) in [7, 11) is -3.12. The van der Waals surface area contributed by atoms with E-state index >= 15 is 0 Å². The standard InChI is InChI=1S/C14H22N2O2S2/c1-2-8-16(13-6-7-13)20(17,18)10-9-19-14-5-3-4-12(15)11-14/h3-5,11,13H,2,6-10,15H2,1H3. The molecule has 2 N–H and O–H groups in total. The fourth-order valence-electron chi connectivity index (χ4n) is 2.12. The summed E-state index contributed by atoms with van der Waals surface area (Å²) in [6.45, 7) is 2.67. The van der Waals surface area contributed by atoms with Crippen LogP contribution in [0.15, 0.2) is 29.2 Å². The van der Waals surface area contributed by atoms with Crippen LogP contribution in [-0.4, -0.2) is 36.8 Å². The van der Waals surface area contributed by atoms with Gasteiger partial charge in [0.2, 0.25) is 10.0 Å². The Morgan fingerprint density at radius 1 is 1.40 bits per heavy atom. The molecule has 0 atom stereocenters. The number of sulfonamides is 1. The first-order valence-corrected chi connectivity index (χ1v) is 9.60. The SMILES string of the molecule is CCCN(C1CC1)S(=O)(=O)CCSc1cccc(N)c1. The first kappa shape index (κ1) is 15.7. The highest BCUT2D eigenvalue weighted by molar-refractivity contribution is 8.00. The fraction of sp³-hybridized carbons (Fsp3) is 0.571. The normalized spacial score (nSPS) is 15.7. The van der Waals surface area contributed by atoms with Crippen LogP contribution in [0, 0.1) is 0 Å². The minimum absolute atomic E-state index is 0.197. The van der Waals surface area contributed by atoms with Crippen LogP contribution in [0.25, 0.3) is 0 Å². The maximum absolute atomic E-state index is 12.3. The predicted molar refractivity (Wildman–Crippen MR) is 85.4 cm³/mol. The van der Waals surface area contributed by atoms with Crippen molar-refractivity contribution in [2.75, 3.05) is 23.8 Å². The molecule has 1 aliphatic rings. The molecule has 0 spiro atoms. The highest BCUT2D eigenvalue weighted by Gasteiger charge is 2.36. The van der Waals surface area contributed by atoms with Crippen molar-refractivity contribution in [1.82, 2.24) is 4.31 Å². The zero-order chi connectivity index (χ0) is 14.6. The van der Waals surface area contributed by atoms with Crippen LogP contribution >= 0.6 is 11.8 Å². The van der Waals surface area contributed by atoms with Crippen molar-refractivity contribution in [2.24, 2.45) is 0 Å². The third-order valence-corrected chi connectivity index (χ3v) is 6.39. The summed E-state index contributed by atoms with van der Waals surface area (Å²) in [5, 5.41) is 0. The topological polar surface area (TPSA) is 63.4 Å². The average Bonchev–Trinajstić information content (AvgIpc) is 3.20. The van der Waals surface area contributed by atoms with Gasteiger partial charge < -0.3 is 5.73 Å². The number of hydrogen-bond acceptors (Lipinski definition) is 4. The number of nitrogens with two attached hydrogens (primary N) is 1. The van der Waals surface area contributed by atoms with Crippen molar-refractivity contribution < 1.29 is 8.42 Å². The molecule has 1 aromatic rings. The van der Waals surface area contributed by atoms with E-state index in [4.69, 9.17) is 5.73 Å². The van der Waals surface area contributed by atoms with Crippen LogP contribution in [0.2, 0.25) is 0 Å². The van der Waals surface area contributed by atoms with E-state index in [1.807, 2.05) is 31.2 Å². The fourth-order valence-corrected chi connectivity index (χ4v) is 5.28. The molecule has 4 nitrogen and oxygen atoms in total. The van der Waals surface area contributed by atoms with Gasteiger partial charge in [0.05, 0.1) is 5.75 Å². The molecule has 0 amide bonds. The molecular formula is C14H22N2O2S2. The minimum Gasteiger partial charge on any atom is -0.399 e. The van der Waals surface area contributed by atoms with E-state index in [-0.39, 0.29) is 11.8 Å². The lowest BCUT2D eigenvalue weighted by molar-refractivity contribution is 0.404. The Bertz CT molecular complexity index is 542. The molecule has 1 aliphatic carbocycles. The van der Waals surface area contributed by atoms with Crippen molar-refractivity contribution in [3.8, 4) is 0 Å². The second-order valence-electron chi connectivity index (χ2n) is 5.08. The Hall–Kier alpha value is -0.720. The molecule has 0 radical (unpaired) electrons. The Balaban J connectivity index is 1.88. The van der Waals surface area contributed by atoms with E-state index in [0.717, 1.165) is 24.2 Å². The number of rotatable bonds is 8. The first-order valence-electron chi connectivity index (χ1n) is 7.01. The summed E-state index contributed by atoms with van der Waals surface area (Å²) < 4.78 is 26.4. The van der Waals surface area contributed by atoms with Gasteiger partial charge in [-0.2, -0.15) is 4.31 Å². The molecule has 20 heavy (non-hydrogen) atoms. The van der Waals surface area contributed by atoms with Gasteiger partial charge in [0.15, 0.2) is 0 Å². The van der Waals surface area contributed by atoms with Gasteiger partial charge >= 0.3 is 0 Å². The number of anilines is 1. The van der Waals surface area contributed by atoms with Gasteiger partial charge in [-0.1, -0.05) is 13.0 Å². The third-order valence-electron chi connectivity index (χ3n) is 3.22. The van der Waals surface area contributed by atoms with Crippen LogP contribution in [0.5, 0.6) is 0 Å². The van der Waals surface area contributed by atoms with Gasteiger partial charge in [0.1, 0.15) is 0 Å². The molecule has 1 aromatic carbocycles. The van der Waals surface area contributed by atoms with E-state index in [9.17, 15) is 8.42 Å². The Morgan fingerprint density at radius 3 is 2.75 bits per heavy atom. The molecule has 2 rings (SSSR count). The Labute approximate surface area is 125 Å². The molecule has 0 saturated heterocycles. The van der Waals surface area contributed by atoms with Crippen molar-refractivity contribution in [1.29, 1.82) is 0 Å². The molecule has 0 heterocycles. The zero-order valence-electron chi connectivity index (χ0n) is 11.8. The van der Waals surface area contributed by atoms with Crippen molar-refractivity contribution in [3.05, 3.63) is 24.3 Å². The molecule has 1 fully saturated rings. The average molecular weight is 314 g/mol. The molecule has 0 aromatic heterocycles. The summed E-state index contributed by atoms with van der Waals surface area (Å²) in [4.78, 5) is 1.02. The number of nitrogen functional groups attached to an aromatic ring is 1. The zero-order valence-corrected chi connectivity index (χ0v) is 13.4. The van der Waals surface area contributed by atoms with Crippen LogP contribution in [-0.2, 0) is 10.0 Å². The quantitative estimate of drug-likeness (QED) is 0.592. The monoisotopic (exact) mass is 314 g/mol. The van der Waals surface area contributed by atoms with Crippen molar-refractivity contribution in [3.63, 3.8) is 0 Å². The summed E-state index contributed by atoms with van der Waals surface area (Å²) in [6.07, 6.45) is 2.90. The van der Waals surface area contributed by atoms with Crippen LogP contribution < -0.4 is 5.73 Å². The summed E-state index contributed by atoms with van der Waals surface area (Å²) in [5.74, 6) is 0.766. The van der Waals surface area contributed by atoms with E-state index in [0.29, 0.717) is 18.0 Å². The highest BCUT2D eigenvalue weighted by Crippen LogP contribution is 2.30. The summed E-state index contributed by atoms with van der Waals surface area (Å²) in [5.41, 5.74) is 6.42. The minimum atomic E-state index is -3.12. The molecule has 112 valence electrons. The lowest BCUT2D eigenvalue weighted by Gasteiger charge is -2.21. The van der Waals surface area contributed by atoms with Crippen LogP contribution in [0.3, 0.4) is 0 Å². The first-order chi connectivity index (χ1) is 9.53. The smallest absolute Gasteiger partial charge is 0.215 e. The van der Waals surface area contributed by atoms with Gasteiger partial charge in [-0.3, -0.25) is 0 Å². The number of nitrogens with zero attached hydrogens (tertiary/aromatic N) is 1. The number of hydrogen-bond donors (Lipinski definition) is 1. The second-order valence-corrected chi connectivity index (χ2v) is 8.29. The van der Waals surface area contributed by atoms with E-state index in [1.165, 1.54) is 0 Å². The van der Waals surface area contributed by atoms with Gasteiger partial charge in [-0.05, 0) is 37.5 Å². The third kappa shape index (κ3) is 4.40. The van der Waals surface area contributed by atoms with Gasteiger partial charge in [0.25, 0.3) is 0 Å².